The van der Waals surface area contributed by atoms with Crippen LogP contribution in [0, 0.1) is 0 Å². The van der Waals surface area contributed by atoms with Crippen LogP contribution in [0.1, 0.15) is 6.42 Å². The minimum atomic E-state index is -1.16. The summed E-state index contributed by atoms with van der Waals surface area (Å²) in [7, 11) is 0. The summed E-state index contributed by atoms with van der Waals surface area (Å²) in [4.78, 5) is 20.8. The second-order valence-electron chi connectivity index (χ2n) is 3.94. The summed E-state index contributed by atoms with van der Waals surface area (Å²) in [6.07, 6.45) is -0.440. The van der Waals surface area contributed by atoms with Gasteiger partial charge in [0.1, 0.15) is 12.1 Å². The highest BCUT2D eigenvalue weighted by Gasteiger charge is 2.14. The van der Waals surface area contributed by atoms with Crippen LogP contribution in [0.15, 0.2) is 0 Å². The van der Waals surface area contributed by atoms with E-state index in [2.05, 4.69) is 0 Å². The molecule has 0 aromatic rings. The van der Waals surface area contributed by atoms with E-state index in [0.717, 1.165) is 0 Å². The van der Waals surface area contributed by atoms with Crippen molar-refractivity contribution < 1.29 is 29.6 Å². The fraction of sp³-hybridized carbons (Fsp3) is 0.800. The van der Waals surface area contributed by atoms with Gasteiger partial charge in [0.05, 0.1) is 19.3 Å². The molecule has 8 nitrogen and oxygen atoms in total. The molecule has 0 radical (unpaired) electrons. The summed E-state index contributed by atoms with van der Waals surface area (Å²) in [5, 5.41) is 26.5. The summed E-state index contributed by atoms with van der Waals surface area (Å²) in [6, 6.07) is -2.00. The molecule has 112 valence electrons. The lowest BCUT2D eigenvalue weighted by molar-refractivity contribution is -0.140. The van der Waals surface area contributed by atoms with Gasteiger partial charge in [0.25, 0.3) is 0 Å². The quantitative estimate of drug-likeness (QED) is 0.281. The topological polar surface area (TPSA) is 156 Å². The SMILES string of the molecule is N[C@@H](CCSC[C@@H](O)COC[C@H](N)C(=O)O)C(=O)O. The van der Waals surface area contributed by atoms with E-state index in [4.69, 9.17) is 26.4 Å². The number of carbonyl (C=O) groups is 2. The van der Waals surface area contributed by atoms with Crippen LogP contribution in [0.5, 0.6) is 0 Å². The normalized spacial score (nSPS) is 15.7. The van der Waals surface area contributed by atoms with Gasteiger partial charge in [-0.25, -0.2) is 0 Å². The Kier molecular flexibility index (Phi) is 9.53. The Balaban J connectivity index is 3.52. The number of aliphatic carboxylic acids is 2. The third-order valence-corrected chi connectivity index (χ3v) is 3.27. The molecule has 0 saturated carbocycles. The molecule has 0 aliphatic carbocycles. The first-order chi connectivity index (χ1) is 8.84. The van der Waals surface area contributed by atoms with Gasteiger partial charge in [-0.3, -0.25) is 9.59 Å². The number of aliphatic hydroxyl groups is 1. The van der Waals surface area contributed by atoms with Crippen molar-refractivity contribution in [1.29, 1.82) is 0 Å². The number of carboxylic acid groups (broad SMARTS) is 2. The summed E-state index contributed by atoms with van der Waals surface area (Å²) in [5.74, 6) is -1.34. The van der Waals surface area contributed by atoms with E-state index in [1.54, 1.807) is 0 Å². The number of nitrogens with two attached hydrogens (primary N) is 2. The summed E-state index contributed by atoms with van der Waals surface area (Å²) in [6.45, 7) is -0.181. The van der Waals surface area contributed by atoms with E-state index in [9.17, 15) is 14.7 Å². The maximum absolute atomic E-state index is 10.4. The zero-order valence-electron chi connectivity index (χ0n) is 10.4. The van der Waals surface area contributed by atoms with Crippen molar-refractivity contribution in [2.24, 2.45) is 11.5 Å². The minimum Gasteiger partial charge on any atom is -0.480 e. The number of hydrogen-bond acceptors (Lipinski definition) is 7. The zero-order chi connectivity index (χ0) is 14.8. The van der Waals surface area contributed by atoms with Crippen molar-refractivity contribution in [1.82, 2.24) is 0 Å². The van der Waals surface area contributed by atoms with Gasteiger partial charge < -0.3 is 31.5 Å². The fourth-order valence-corrected chi connectivity index (χ4v) is 1.96. The lowest BCUT2D eigenvalue weighted by Gasteiger charge is -2.13. The zero-order valence-corrected chi connectivity index (χ0v) is 11.2. The Morgan fingerprint density at radius 3 is 2.21 bits per heavy atom. The molecule has 0 rings (SSSR count). The van der Waals surface area contributed by atoms with Crippen LogP contribution >= 0.6 is 11.8 Å². The summed E-state index contributed by atoms with van der Waals surface area (Å²) >= 11 is 1.35. The Bertz CT molecular complexity index is 291. The van der Waals surface area contributed by atoms with Gasteiger partial charge in [0.15, 0.2) is 0 Å². The highest BCUT2D eigenvalue weighted by molar-refractivity contribution is 7.99. The van der Waals surface area contributed by atoms with E-state index in [-0.39, 0.29) is 13.2 Å². The first kappa shape index (κ1) is 18.1. The Morgan fingerprint density at radius 2 is 1.68 bits per heavy atom. The molecule has 0 heterocycles. The third kappa shape index (κ3) is 9.68. The predicted octanol–water partition coefficient (Wildman–Crippen LogP) is -1.69. The molecule has 19 heavy (non-hydrogen) atoms. The number of hydrogen-bond donors (Lipinski definition) is 5. The van der Waals surface area contributed by atoms with E-state index < -0.39 is 30.1 Å². The fourth-order valence-electron chi connectivity index (χ4n) is 1.00. The van der Waals surface area contributed by atoms with Crippen LogP contribution in [-0.2, 0) is 14.3 Å². The highest BCUT2D eigenvalue weighted by atomic mass is 32.2. The predicted molar refractivity (Wildman–Crippen MR) is 70.0 cm³/mol. The van der Waals surface area contributed by atoms with Crippen molar-refractivity contribution in [2.45, 2.75) is 24.6 Å². The molecule has 0 unspecified atom stereocenters. The van der Waals surface area contributed by atoms with E-state index in [1.807, 2.05) is 0 Å². The van der Waals surface area contributed by atoms with E-state index in [0.29, 0.717) is 17.9 Å². The maximum Gasteiger partial charge on any atom is 0.322 e. The van der Waals surface area contributed by atoms with Crippen molar-refractivity contribution in [3.05, 3.63) is 0 Å². The molecular weight excluding hydrogens is 276 g/mol. The molecule has 0 bridgehead atoms. The molecule has 0 aromatic carbocycles. The van der Waals surface area contributed by atoms with Crippen molar-refractivity contribution >= 4 is 23.7 Å². The van der Waals surface area contributed by atoms with Crippen LogP contribution in [0.25, 0.3) is 0 Å². The number of thioether (sulfide) groups is 1. The number of rotatable bonds is 11. The smallest absolute Gasteiger partial charge is 0.322 e. The van der Waals surface area contributed by atoms with Crippen molar-refractivity contribution in [2.75, 3.05) is 24.7 Å². The second-order valence-corrected chi connectivity index (χ2v) is 5.09. The maximum atomic E-state index is 10.4. The molecule has 7 N–H and O–H groups in total. The van der Waals surface area contributed by atoms with Crippen molar-refractivity contribution in [3.63, 3.8) is 0 Å². The van der Waals surface area contributed by atoms with Crippen LogP contribution in [0.4, 0.5) is 0 Å². The first-order valence-corrected chi connectivity index (χ1v) is 6.80. The largest absolute Gasteiger partial charge is 0.480 e. The standard InChI is InChI=1S/C10H20N2O6S/c11-7(9(14)15)1-2-19-5-6(13)3-18-4-8(12)10(16)17/h6-8,13H,1-5,11-12H2,(H,14,15)(H,16,17)/t6-,7-,8-/m0/s1. The molecule has 0 saturated heterocycles. The third-order valence-electron chi connectivity index (χ3n) is 2.13. The minimum absolute atomic E-state index is 0.0149. The molecule has 9 heteroatoms. The van der Waals surface area contributed by atoms with Gasteiger partial charge in [-0.05, 0) is 12.2 Å². The molecule has 0 fully saturated rings. The second kappa shape index (κ2) is 9.98. The Hall–Kier alpha value is -0.870. The molecule has 0 spiro atoms. The molecule has 0 aliphatic heterocycles. The van der Waals surface area contributed by atoms with Crippen LogP contribution in [0.2, 0.25) is 0 Å². The summed E-state index contributed by atoms with van der Waals surface area (Å²) in [5.41, 5.74) is 10.5. The highest BCUT2D eigenvalue weighted by Crippen LogP contribution is 2.07. The van der Waals surface area contributed by atoms with Gasteiger partial charge in [0.2, 0.25) is 0 Å². The molecular formula is C10H20N2O6S. The number of carboxylic acids is 2. The number of aliphatic hydroxyl groups excluding tert-OH is 1. The lowest BCUT2D eigenvalue weighted by atomic mass is 10.2. The van der Waals surface area contributed by atoms with Crippen LogP contribution < -0.4 is 11.5 Å². The van der Waals surface area contributed by atoms with Gasteiger partial charge in [-0.2, -0.15) is 11.8 Å². The molecule has 0 aromatic heterocycles. The summed E-state index contributed by atoms with van der Waals surface area (Å²) < 4.78 is 4.95. The molecule has 0 aliphatic rings. The Labute approximate surface area is 115 Å². The van der Waals surface area contributed by atoms with Crippen molar-refractivity contribution in [3.8, 4) is 0 Å². The van der Waals surface area contributed by atoms with Gasteiger partial charge >= 0.3 is 11.9 Å². The van der Waals surface area contributed by atoms with Crippen LogP contribution in [0.3, 0.4) is 0 Å². The van der Waals surface area contributed by atoms with Gasteiger partial charge in [-0.1, -0.05) is 0 Å². The average molecular weight is 296 g/mol. The average Bonchev–Trinajstić information content (AvgIpc) is 2.33. The number of ether oxygens (including phenoxy) is 1. The van der Waals surface area contributed by atoms with Crippen LogP contribution in [-0.4, -0.2) is 70.2 Å². The molecule has 3 atom stereocenters. The van der Waals surface area contributed by atoms with Gasteiger partial charge in [0, 0.05) is 5.75 Å². The first-order valence-electron chi connectivity index (χ1n) is 5.65. The Morgan fingerprint density at radius 1 is 1.11 bits per heavy atom. The van der Waals surface area contributed by atoms with E-state index in [1.165, 1.54) is 11.8 Å². The lowest BCUT2D eigenvalue weighted by Crippen LogP contribution is -2.36. The van der Waals surface area contributed by atoms with Gasteiger partial charge in [-0.15, -0.1) is 0 Å². The monoisotopic (exact) mass is 296 g/mol. The molecule has 0 amide bonds. The van der Waals surface area contributed by atoms with E-state index >= 15 is 0 Å².